The summed E-state index contributed by atoms with van der Waals surface area (Å²) in [5.41, 5.74) is 5.52. The van der Waals surface area contributed by atoms with Crippen molar-refractivity contribution in [3.05, 3.63) is 58.1 Å². The van der Waals surface area contributed by atoms with Crippen LogP contribution in [0.15, 0.2) is 46.9 Å². The lowest BCUT2D eigenvalue weighted by Crippen LogP contribution is -2.41. The molecule has 0 aromatic heterocycles. The van der Waals surface area contributed by atoms with E-state index in [-0.39, 0.29) is 6.79 Å². The molecule has 0 fully saturated rings. The monoisotopic (exact) mass is 362 g/mol. The summed E-state index contributed by atoms with van der Waals surface area (Å²) < 4.78 is 11.2. The Kier molecular flexibility index (Phi) is 3.97. The van der Waals surface area contributed by atoms with Gasteiger partial charge in [0.1, 0.15) is 0 Å². The predicted molar refractivity (Wildman–Crippen MR) is 81.6 cm³/mol. The van der Waals surface area contributed by atoms with Gasteiger partial charge < -0.3 is 9.47 Å². The van der Waals surface area contributed by atoms with E-state index in [2.05, 4.69) is 26.8 Å². The fraction of sp³-hybridized carbons (Fsp3) is 0.0667. The standard InChI is InChI=1S/C15H11BrN2O4/c16-11-4-1-9(2-5-11)14(19)17-18-15(20)10-3-6-12-13(7-10)22-8-21-12/h1-7H,8H2,(H,17,19)(H,18,20). The summed E-state index contributed by atoms with van der Waals surface area (Å²) in [4.78, 5) is 23.9. The van der Waals surface area contributed by atoms with Crippen LogP contribution in [0, 0.1) is 0 Å². The molecule has 6 nitrogen and oxygen atoms in total. The molecule has 0 radical (unpaired) electrons. The van der Waals surface area contributed by atoms with E-state index >= 15 is 0 Å². The van der Waals surface area contributed by atoms with E-state index in [0.717, 1.165) is 4.47 Å². The second-order valence-electron chi connectivity index (χ2n) is 4.48. The van der Waals surface area contributed by atoms with Crippen molar-refractivity contribution in [2.24, 2.45) is 0 Å². The average Bonchev–Trinajstić information content (AvgIpc) is 3.00. The Morgan fingerprint density at radius 1 is 0.864 bits per heavy atom. The first-order valence-corrected chi connectivity index (χ1v) is 7.19. The number of carbonyl (C=O) groups excluding carboxylic acids is 2. The van der Waals surface area contributed by atoms with Gasteiger partial charge in [-0.2, -0.15) is 0 Å². The molecule has 7 heteroatoms. The van der Waals surface area contributed by atoms with Crippen molar-refractivity contribution in [2.75, 3.05) is 6.79 Å². The summed E-state index contributed by atoms with van der Waals surface area (Å²) in [6, 6.07) is 11.6. The largest absolute Gasteiger partial charge is 0.454 e. The fourth-order valence-electron chi connectivity index (χ4n) is 1.90. The van der Waals surface area contributed by atoms with Gasteiger partial charge in [0, 0.05) is 15.6 Å². The van der Waals surface area contributed by atoms with E-state index in [9.17, 15) is 9.59 Å². The molecule has 0 saturated heterocycles. The van der Waals surface area contributed by atoms with Crippen molar-refractivity contribution >= 4 is 27.7 Å². The van der Waals surface area contributed by atoms with Crippen LogP contribution >= 0.6 is 15.9 Å². The molecule has 0 saturated carbocycles. The van der Waals surface area contributed by atoms with Crippen LogP contribution in [0.5, 0.6) is 11.5 Å². The van der Waals surface area contributed by atoms with Gasteiger partial charge in [0.2, 0.25) is 6.79 Å². The van der Waals surface area contributed by atoms with Crippen LogP contribution in [-0.4, -0.2) is 18.6 Å². The Balaban J connectivity index is 1.62. The number of hydrogen-bond acceptors (Lipinski definition) is 4. The van der Waals surface area contributed by atoms with Crippen LogP contribution in [0.1, 0.15) is 20.7 Å². The molecule has 1 aliphatic rings. The lowest BCUT2D eigenvalue weighted by molar-refractivity contribution is 0.0846. The molecule has 0 aliphatic carbocycles. The maximum Gasteiger partial charge on any atom is 0.269 e. The zero-order valence-electron chi connectivity index (χ0n) is 11.3. The first-order valence-electron chi connectivity index (χ1n) is 6.39. The Labute approximate surface area is 134 Å². The van der Waals surface area contributed by atoms with Gasteiger partial charge in [-0.1, -0.05) is 15.9 Å². The summed E-state index contributed by atoms with van der Waals surface area (Å²) >= 11 is 3.29. The van der Waals surface area contributed by atoms with E-state index in [1.807, 2.05) is 0 Å². The first-order chi connectivity index (χ1) is 10.6. The molecule has 2 N–H and O–H groups in total. The third-order valence-electron chi connectivity index (χ3n) is 3.03. The van der Waals surface area contributed by atoms with Gasteiger partial charge in [0.25, 0.3) is 11.8 Å². The minimum atomic E-state index is -0.441. The number of benzene rings is 2. The topological polar surface area (TPSA) is 76.7 Å². The molecule has 2 aromatic carbocycles. The highest BCUT2D eigenvalue weighted by Crippen LogP contribution is 2.32. The summed E-state index contributed by atoms with van der Waals surface area (Å²) in [5.74, 6) is 0.257. The summed E-state index contributed by atoms with van der Waals surface area (Å²) in [6.45, 7) is 0.140. The third-order valence-corrected chi connectivity index (χ3v) is 3.56. The van der Waals surface area contributed by atoms with Gasteiger partial charge in [-0.05, 0) is 42.5 Å². The molecule has 1 aliphatic heterocycles. The highest BCUT2D eigenvalue weighted by atomic mass is 79.9. The molecule has 22 heavy (non-hydrogen) atoms. The number of halogens is 1. The minimum Gasteiger partial charge on any atom is -0.454 e. The highest BCUT2D eigenvalue weighted by molar-refractivity contribution is 9.10. The van der Waals surface area contributed by atoms with Gasteiger partial charge in [0.05, 0.1) is 0 Å². The van der Waals surface area contributed by atoms with Crippen molar-refractivity contribution in [1.29, 1.82) is 0 Å². The highest BCUT2D eigenvalue weighted by Gasteiger charge is 2.16. The van der Waals surface area contributed by atoms with Crippen LogP contribution in [0.4, 0.5) is 0 Å². The summed E-state index contributed by atoms with van der Waals surface area (Å²) in [5, 5.41) is 0. The van der Waals surface area contributed by atoms with Gasteiger partial charge in [-0.25, -0.2) is 0 Å². The molecule has 2 amide bonds. The number of amides is 2. The molecule has 1 heterocycles. The molecule has 0 bridgehead atoms. The van der Waals surface area contributed by atoms with Crippen LogP contribution in [0.2, 0.25) is 0 Å². The zero-order valence-corrected chi connectivity index (χ0v) is 12.8. The Morgan fingerprint density at radius 2 is 1.45 bits per heavy atom. The predicted octanol–water partition coefficient (Wildman–Crippen LogP) is 2.25. The van der Waals surface area contributed by atoms with E-state index in [1.54, 1.807) is 42.5 Å². The number of hydrazine groups is 1. The van der Waals surface area contributed by atoms with E-state index in [4.69, 9.17) is 9.47 Å². The molecule has 0 atom stereocenters. The SMILES string of the molecule is O=C(NNC(=O)c1ccc2c(c1)OCO2)c1ccc(Br)cc1. The Morgan fingerprint density at radius 3 is 2.18 bits per heavy atom. The zero-order chi connectivity index (χ0) is 15.5. The van der Waals surface area contributed by atoms with Crippen molar-refractivity contribution in [1.82, 2.24) is 10.9 Å². The van der Waals surface area contributed by atoms with Crippen molar-refractivity contribution < 1.29 is 19.1 Å². The van der Waals surface area contributed by atoms with Crippen LogP contribution in [0.3, 0.4) is 0 Å². The van der Waals surface area contributed by atoms with Crippen LogP contribution in [0.25, 0.3) is 0 Å². The summed E-state index contributed by atoms with van der Waals surface area (Å²) in [7, 11) is 0. The number of rotatable bonds is 2. The quantitative estimate of drug-likeness (QED) is 0.803. The molecule has 0 unspecified atom stereocenters. The fourth-order valence-corrected chi connectivity index (χ4v) is 2.16. The van der Waals surface area contributed by atoms with E-state index in [0.29, 0.717) is 22.6 Å². The normalized spacial score (nSPS) is 11.9. The second kappa shape index (κ2) is 6.07. The average molecular weight is 363 g/mol. The third kappa shape index (κ3) is 3.04. The number of fused-ring (bicyclic) bond motifs is 1. The van der Waals surface area contributed by atoms with Gasteiger partial charge in [-0.15, -0.1) is 0 Å². The first kappa shape index (κ1) is 14.4. The molecule has 0 spiro atoms. The number of nitrogens with one attached hydrogen (secondary N) is 2. The van der Waals surface area contributed by atoms with E-state index in [1.165, 1.54) is 0 Å². The van der Waals surface area contributed by atoms with E-state index < -0.39 is 11.8 Å². The van der Waals surface area contributed by atoms with Gasteiger partial charge in [0.15, 0.2) is 11.5 Å². The molecular weight excluding hydrogens is 352 g/mol. The minimum absolute atomic E-state index is 0.140. The maximum atomic E-state index is 12.0. The summed E-state index contributed by atoms with van der Waals surface area (Å²) in [6.07, 6.45) is 0. The van der Waals surface area contributed by atoms with Crippen LogP contribution in [-0.2, 0) is 0 Å². The van der Waals surface area contributed by atoms with Gasteiger partial charge in [-0.3, -0.25) is 20.4 Å². The molecule has 2 aromatic rings. The molecular formula is C15H11BrN2O4. The Hall–Kier alpha value is -2.54. The molecule has 112 valence electrons. The number of carbonyl (C=O) groups is 2. The second-order valence-corrected chi connectivity index (χ2v) is 5.40. The molecule has 3 rings (SSSR count). The van der Waals surface area contributed by atoms with Crippen molar-refractivity contribution in [3.8, 4) is 11.5 Å². The van der Waals surface area contributed by atoms with Crippen molar-refractivity contribution in [2.45, 2.75) is 0 Å². The van der Waals surface area contributed by atoms with Crippen molar-refractivity contribution in [3.63, 3.8) is 0 Å². The lowest BCUT2D eigenvalue weighted by atomic mass is 10.2. The van der Waals surface area contributed by atoms with Gasteiger partial charge >= 0.3 is 0 Å². The maximum absolute atomic E-state index is 12.0. The lowest BCUT2D eigenvalue weighted by Gasteiger charge is -2.08. The smallest absolute Gasteiger partial charge is 0.269 e. The Bertz CT molecular complexity index is 731. The number of hydrogen-bond donors (Lipinski definition) is 2. The van der Waals surface area contributed by atoms with Crippen LogP contribution < -0.4 is 20.3 Å². The number of ether oxygens (including phenoxy) is 2.